The maximum absolute atomic E-state index is 5.48. The molecule has 1 aromatic carbocycles. The molecular weight excluding hydrogens is 406 g/mol. The molecule has 0 fully saturated rings. The highest BCUT2D eigenvalue weighted by atomic mass is 32.1. The minimum absolute atomic E-state index is 0.174. The summed E-state index contributed by atoms with van der Waals surface area (Å²) in [7, 11) is 4.81. The molecule has 154 valence electrons. The van der Waals surface area contributed by atoms with Crippen molar-refractivity contribution in [2.24, 2.45) is 10.1 Å². The lowest BCUT2D eigenvalue weighted by molar-refractivity contribution is 0.324. The van der Waals surface area contributed by atoms with E-state index in [0.29, 0.717) is 17.2 Å². The first-order chi connectivity index (χ1) is 14.0. The van der Waals surface area contributed by atoms with Gasteiger partial charge in [0.15, 0.2) is 11.5 Å². The van der Waals surface area contributed by atoms with E-state index in [4.69, 9.17) is 24.3 Å². The topological polar surface area (TPSA) is 57.3 Å². The number of rotatable bonds is 7. The average Bonchev–Trinajstić information content (AvgIpc) is 3.36. The van der Waals surface area contributed by atoms with E-state index in [9.17, 15) is 0 Å². The first kappa shape index (κ1) is 21.1. The number of hydrogen-bond acceptors (Lipinski definition) is 7. The summed E-state index contributed by atoms with van der Waals surface area (Å²) in [5, 5.41) is 9.07. The van der Waals surface area contributed by atoms with Gasteiger partial charge in [0.1, 0.15) is 0 Å². The lowest BCUT2D eigenvalue weighted by Gasteiger charge is -2.14. The molecule has 0 aliphatic carbocycles. The standard InChI is InChI=1S/C21H25N3O3S2/c1-13(2)22-21-24(16(12-29-21)19-8-7-9-28-19)23-14(3)15-10-17(25-4)20(27-6)18(11-15)26-5/h7-13H,1-6H3. The average molecular weight is 432 g/mol. The van der Waals surface area contributed by atoms with E-state index in [1.54, 1.807) is 44.0 Å². The van der Waals surface area contributed by atoms with Gasteiger partial charge in [0.25, 0.3) is 0 Å². The number of nitrogens with zero attached hydrogens (tertiary/aromatic N) is 3. The van der Waals surface area contributed by atoms with Crippen LogP contribution in [-0.4, -0.2) is 37.8 Å². The molecule has 0 saturated carbocycles. The molecule has 2 heterocycles. The van der Waals surface area contributed by atoms with Gasteiger partial charge in [-0.15, -0.1) is 22.7 Å². The number of benzene rings is 1. The number of ether oxygens (including phenoxy) is 3. The Balaban J connectivity index is 2.17. The van der Waals surface area contributed by atoms with E-state index in [2.05, 4.69) is 30.7 Å². The Morgan fingerprint density at radius 3 is 2.24 bits per heavy atom. The van der Waals surface area contributed by atoms with Crippen LogP contribution in [0.4, 0.5) is 0 Å². The van der Waals surface area contributed by atoms with E-state index in [-0.39, 0.29) is 6.04 Å². The highest BCUT2D eigenvalue weighted by molar-refractivity contribution is 7.14. The molecule has 8 heteroatoms. The van der Waals surface area contributed by atoms with Gasteiger partial charge in [-0.2, -0.15) is 5.10 Å². The van der Waals surface area contributed by atoms with Gasteiger partial charge in [-0.3, -0.25) is 4.99 Å². The van der Waals surface area contributed by atoms with Crippen LogP contribution in [0.15, 0.2) is 45.1 Å². The minimum Gasteiger partial charge on any atom is -0.493 e. The number of methoxy groups -OCH3 is 3. The third-order valence-corrected chi connectivity index (χ3v) is 5.88. The summed E-state index contributed by atoms with van der Waals surface area (Å²) in [5.41, 5.74) is 2.72. The van der Waals surface area contributed by atoms with Crippen molar-refractivity contribution < 1.29 is 14.2 Å². The van der Waals surface area contributed by atoms with Gasteiger partial charge in [-0.25, -0.2) is 4.68 Å². The second kappa shape index (κ2) is 9.28. The molecule has 2 aromatic heterocycles. The molecular formula is C21H25N3O3S2. The van der Waals surface area contributed by atoms with Crippen molar-refractivity contribution in [1.29, 1.82) is 0 Å². The molecule has 3 rings (SSSR count). The van der Waals surface area contributed by atoms with E-state index in [1.807, 2.05) is 29.8 Å². The van der Waals surface area contributed by atoms with Crippen LogP contribution in [0.3, 0.4) is 0 Å². The molecule has 0 spiro atoms. The number of thiazole rings is 1. The molecule has 29 heavy (non-hydrogen) atoms. The predicted octanol–water partition coefficient (Wildman–Crippen LogP) is 4.89. The van der Waals surface area contributed by atoms with Crippen LogP contribution in [0, 0.1) is 0 Å². The van der Waals surface area contributed by atoms with E-state index in [1.165, 1.54) is 0 Å². The fourth-order valence-corrected chi connectivity index (χ4v) is 4.55. The van der Waals surface area contributed by atoms with Crippen LogP contribution in [0.25, 0.3) is 10.6 Å². The van der Waals surface area contributed by atoms with Crippen molar-refractivity contribution in [2.75, 3.05) is 21.3 Å². The van der Waals surface area contributed by atoms with Crippen LogP contribution in [-0.2, 0) is 0 Å². The summed E-state index contributed by atoms with van der Waals surface area (Å²) in [6.07, 6.45) is 0. The maximum atomic E-state index is 5.48. The molecule has 0 saturated heterocycles. The van der Waals surface area contributed by atoms with Crippen LogP contribution in [0.1, 0.15) is 26.3 Å². The number of aromatic nitrogens is 1. The Labute approximate surface area is 178 Å². The lowest BCUT2D eigenvalue weighted by Crippen LogP contribution is -2.16. The molecule has 0 radical (unpaired) electrons. The van der Waals surface area contributed by atoms with Crippen LogP contribution >= 0.6 is 22.7 Å². The maximum Gasteiger partial charge on any atom is 0.206 e. The van der Waals surface area contributed by atoms with Crippen molar-refractivity contribution in [1.82, 2.24) is 4.68 Å². The van der Waals surface area contributed by atoms with Crippen molar-refractivity contribution in [3.05, 3.63) is 45.4 Å². The molecule has 6 nitrogen and oxygen atoms in total. The first-order valence-electron chi connectivity index (χ1n) is 9.12. The summed E-state index contributed by atoms with van der Waals surface area (Å²) in [6.45, 7) is 6.08. The molecule has 0 amide bonds. The first-order valence-corrected chi connectivity index (χ1v) is 10.9. The molecule has 0 N–H and O–H groups in total. The Morgan fingerprint density at radius 2 is 1.72 bits per heavy atom. The van der Waals surface area contributed by atoms with Crippen molar-refractivity contribution in [3.63, 3.8) is 0 Å². The second-order valence-corrected chi connectivity index (χ2v) is 8.30. The quantitative estimate of drug-likeness (QED) is 0.501. The lowest BCUT2D eigenvalue weighted by atomic mass is 10.1. The molecule has 0 unspecified atom stereocenters. The molecule has 3 aromatic rings. The highest BCUT2D eigenvalue weighted by Gasteiger charge is 2.15. The zero-order chi connectivity index (χ0) is 21.0. The zero-order valence-electron chi connectivity index (χ0n) is 17.4. The summed E-state index contributed by atoms with van der Waals surface area (Å²) in [6, 6.07) is 8.10. The van der Waals surface area contributed by atoms with Gasteiger partial charge in [0.2, 0.25) is 10.6 Å². The Kier molecular flexibility index (Phi) is 6.76. The minimum atomic E-state index is 0.174. The van der Waals surface area contributed by atoms with Gasteiger partial charge in [-0.05, 0) is 44.4 Å². The van der Waals surface area contributed by atoms with Crippen molar-refractivity contribution >= 4 is 28.4 Å². The van der Waals surface area contributed by atoms with E-state index < -0.39 is 0 Å². The highest BCUT2D eigenvalue weighted by Crippen LogP contribution is 2.38. The fourth-order valence-electron chi connectivity index (χ4n) is 2.80. The Morgan fingerprint density at radius 1 is 1.03 bits per heavy atom. The second-order valence-electron chi connectivity index (χ2n) is 6.51. The van der Waals surface area contributed by atoms with Crippen LogP contribution in [0.5, 0.6) is 17.2 Å². The van der Waals surface area contributed by atoms with Gasteiger partial charge >= 0.3 is 0 Å². The van der Waals surface area contributed by atoms with Crippen LogP contribution < -0.4 is 19.0 Å². The third-order valence-electron chi connectivity index (χ3n) is 4.16. The SMILES string of the molecule is COc1cc(C(C)=Nn2c(-c3cccs3)csc2=NC(C)C)cc(OC)c1OC. The van der Waals surface area contributed by atoms with Gasteiger partial charge < -0.3 is 14.2 Å². The van der Waals surface area contributed by atoms with Gasteiger partial charge in [0, 0.05) is 17.0 Å². The van der Waals surface area contributed by atoms with E-state index in [0.717, 1.165) is 26.6 Å². The van der Waals surface area contributed by atoms with Gasteiger partial charge in [0.05, 0.1) is 37.6 Å². The van der Waals surface area contributed by atoms with Crippen molar-refractivity contribution in [2.45, 2.75) is 26.8 Å². The van der Waals surface area contributed by atoms with E-state index >= 15 is 0 Å². The number of hydrogen-bond donors (Lipinski definition) is 0. The Bertz CT molecular complexity index is 1040. The predicted molar refractivity (Wildman–Crippen MR) is 120 cm³/mol. The normalized spacial score (nSPS) is 12.5. The molecule has 0 atom stereocenters. The van der Waals surface area contributed by atoms with Crippen LogP contribution in [0.2, 0.25) is 0 Å². The summed E-state index contributed by atoms with van der Waals surface area (Å²) >= 11 is 3.27. The summed E-state index contributed by atoms with van der Waals surface area (Å²) < 4.78 is 18.3. The summed E-state index contributed by atoms with van der Waals surface area (Å²) in [5.74, 6) is 1.75. The monoisotopic (exact) mass is 431 g/mol. The number of thiophene rings is 1. The largest absolute Gasteiger partial charge is 0.493 e. The Hall–Kier alpha value is -2.58. The molecule has 0 bridgehead atoms. The zero-order valence-corrected chi connectivity index (χ0v) is 19.1. The smallest absolute Gasteiger partial charge is 0.206 e. The third kappa shape index (κ3) is 4.54. The fraction of sp³-hybridized carbons (Fsp3) is 0.333. The van der Waals surface area contributed by atoms with Crippen molar-refractivity contribution in [3.8, 4) is 27.8 Å². The van der Waals surface area contributed by atoms with Gasteiger partial charge in [-0.1, -0.05) is 6.07 Å². The summed E-state index contributed by atoms with van der Waals surface area (Å²) in [4.78, 5) is 6.74. The molecule has 0 aliphatic heterocycles. The molecule has 0 aliphatic rings.